The van der Waals surface area contributed by atoms with Gasteiger partial charge in [0, 0.05) is 13.1 Å². The van der Waals surface area contributed by atoms with E-state index in [1.807, 2.05) is 37.3 Å². The first-order valence-corrected chi connectivity index (χ1v) is 10.6. The van der Waals surface area contributed by atoms with Crippen LogP contribution < -0.4 is 5.32 Å². The minimum absolute atomic E-state index is 0.111. The Morgan fingerprint density at radius 2 is 1.83 bits per heavy atom. The van der Waals surface area contributed by atoms with Crippen molar-refractivity contribution in [2.75, 3.05) is 6.54 Å². The van der Waals surface area contributed by atoms with Crippen LogP contribution in [0.15, 0.2) is 42.5 Å². The Morgan fingerprint density at radius 3 is 2.48 bits per heavy atom. The molecule has 2 rings (SSSR count). The third-order valence-electron chi connectivity index (χ3n) is 4.77. The lowest BCUT2D eigenvalue weighted by Crippen LogP contribution is -2.48. The molecule has 2 amide bonds. The zero-order chi connectivity index (χ0) is 21.4. The summed E-state index contributed by atoms with van der Waals surface area (Å²) in [5.41, 5.74) is 2.84. The number of benzene rings is 2. The van der Waals surface area contributed by atoms with Crippen LogP contribution in [-0.2, 0) is 22.6 Å². The molecule has 6 heteroatoms. The molecule has 0 saturated heterocycles. The standard InChI is InChI=1S/C23H28Cl2N2O2/c1-4-5-11-26-23(29)17(3)27(15-19-9-10-20(24)21(25)13-19)22(28)14-18-8-6-7-16(2)12-18/h6-10,12-13,17H,4-5,11,14-15H2,1-3H3,(H,26,29)/t17-/m1/s1. The molecule has 156 valence electrons. The summed E-state index contributed by atoms with van der Waals surface area (Å²) in [4.78, 5) is 27.4. The predicted octanol–water partition coefficient (Wildman–Crippen LogP) is 5.18. The van der Waals surface area contributed by atoms with Crippen LogP contribution in [0.3, 0.4) is 0 Å². The highest BCUT2D eigenvalue weighted by Crippen LogP contribution is 2.24. The molecule has 0 aliphatic carbocycles. The number of nitrogens with zero attached hydrogens (tertiary/aromatic N) is 1. The summed E-state index contributed by atoms with van der Waals surface area (Å²) in [5, 5.41) is 3.80. The predicted molar refractivity (Wildman–Crippen MR) is 119 cm³/mol. The van der Waals surface area contributed by atoms with E-state index in [0.717, 1.165) is 29.5 Å². The Balaban J connectivity index is 2.21. The summed E-state index contributed by atoms with van der Waals surface area (Å²) in [6.07, 6.45) is 2.13. The number of amides is 2. The van der Waals surface area contributed by atoms with Crippen molar-refractivity contribution in [1.82, 2.24) is 10.2 Å². The van der Waals surface area contributed by atoms with Gasteiger partial charge in [-0.25, -0.2) is 0 Å². The third-order valence-corrected chi connectivity index (χ3v) is 5.51. The average Bonchev–Trinajstić information content (AvgIpc) is 2.68. The highest BCUT2D eigenvalue weighted by Gasteiger charge is 2.26. The van der Waals surface area contributed by atoms with Crippen molar-refractivity contribution in [1.29, 1.82) is 0 Å². The molecule has 0 aromatic heterocycles. The van der Waals surface area contributed by atoms with E-state index in [1.165, 1.54) is 0 Å². The van der Waals surface area contributed by atoms with Gasteiger partial charge >= 0.3 is 0 Å². The SMILES string of the molecule is CCCCNC(=O)[C@@H](C)N(Cc1ccc(Cl)c(Cl)c1)C(=O)Cc1cccc(C)c1. The van der Waals surface area contributed by atoms with Gasteiger partial charge in [-0.3, -0.25) is 9.59 Å². The number of aryl methyl sites for hydroxylation is 1. The van der Waals surface area contributed by atoms with E-state index in [4.69, 9.17) is 23.2 Å². The number of carbonyl (C=O) groups is 2. The zero-order valence-corrected chi connectivity index (χ0v) is 18.7. The lowest BCUT2D eigenvalue weighted by molar-refractivity contribution is -0.140. The molecule has 0 bridgehead atoms. The van der Waals surface area contributed by atoms with Crippen molar-refractivity contribution in [3.63, 3.8) is 0 Å². The molecule has 0 heterocycles. The molecule has 0 aliphatic rings. The third kappa shape index (κ3) is 7.06. The van der Waals surface area contributed by atoms with E-state index in [0.29, 0.717) is 16.6 Å². The Hall–Kier alpha value is -2.04. The van der Waals surface area contributed by atoms with Crippen molar-refractivity contribution < 1.29 is 9.59 Å². The molecular formula is C23H28Cl2N2O2. The van der Waals surface area contributed by atoms with Gasteiger partial charge in [0.05, 0.1) is 16.5 Å². The lowest BCUT2D eigenvalue weighted by atomic mass is 10.1. The Morgan fingerprint density at radius 1 is 1.07 bits per heavy atom. The van der Waals surface area contributed by atoms with E-state index in [2.05, 4.69) is 12.2 Å². The minimum Gasteiger partial charge on any atom is -0.354 e. The largest absolute Gasteiger partial charge is 0.354 e. The molecule has 0 radical (unpaired) electrons. The van der Waals surface area contributed by atoms with Gasteiger partial charge in [0.1, 0.15) is 6.04 Å². The first-order valence-electron chi connectivity index (χ1n) is 9.88. The maximum atomic E-state index is 13.1. The van der Waals surface area contributed by atoms with Gasteiger partial charge in [0.25, 0.3) is 0 Å². The highest BCUT2D eigenvalue weighted by atomic mass is 35.5. The zero-order valence-electron chi connectivity index (χ0n) is 17.2. The average molecular weight is 435 g/mol. The number of hydrogen-bond donors (Lipinski definition) is 1. The molecule has 0 spiro atoms. The van der Waals surface area contributed by atoms with Crippen molar-refractivity contribution in [3.8, 4) is 0 Å². The van der Waals surface area contributed by atoms with E-state index < -0.39 is 6.04 Å². The van der Waals surface area contributed by atoms with E-state index in [-0.39, 0.29) is 24.8 Å². The fourth-order valence-corrected chi connectivity index (χ4v) is 3.37. The van der Waals surface area contributed by atoms with Crippen LogP contribution >= 0.6 is 23.2 Å². The van der Waals surface area contributed by atoms with Crippen molar-refractivity contribution in [2.24, 2.45) is 0 Å². The second-order valence-corrected chi connectivity index (χ2v) is 8.07. The first-order chi connectivity index (χ1) is 13.8. The fourth-order valence-electron chi connectivity index (χ4n) is 3.05. The fraction of sp³-hybridized carbons (Fsp3) is 0.391. The molecule has 0 unspecified atom stereocenters. The normalized spacial score (nSPS) is 11.8. The number of rotatable bonds is 9. The summed E-state index contributed by atoms with van der Waals surface area (Å²) in [6, 6.07) is 12.5. The van der Waals surface area contributed by atoms with Crippen LogP contribution in [0.1, 0.15) is 43.4 Å². The maximum Gasteiger partial charge on any atom is 0.242 e. The van der Waals surface area contributed by atoms with Crippen LogP contribution in [0.4, 0.5) is 0 Å². The quantitative estimate of drug-likeness (QED) is 0.552. The molecular weight excluding hydrogens is 407 g/mol. The number of hydrogen-bond acceptors (Lipinski definition) is 2. The highest BCUT2D eigenvalue weighted by molar-refractivity contribution is 6.42. The molecule has 1 N–H and O–H groups in total. The van der Waals surface area contributed by atoms with Crippen LogP contribution in [0, 0.1) is 6.92 Å². The summed E-state index contributed by atoms with van der Waals surface area (Å²) >= 11 is 12.1. The molecule has 2 aromatic rings. The monoisotopic (exact) mass is 434 g/mol. The summed E-state index contributed by atoms with van der Waals surface area (Å²) in [5.74, 6) is -0.268. The number of carbonyl (C=O) groups excluding carboxylic acids is 2. The lowest BCUT2D eigenvalue weighted by Gasteiger charge is -2.29. The topological polar surface area (TPSA) is 49.4 Å². The van der Waals surface area contributed by atoms with E-state index in [1.54, 1.807) is 24.0 Å². The van der Waals surface area contributed by atoms with Crippen molar-refractivity contribution >= 4 is 35.0 Å². The van der Waals surface area contributed by atoms with Crippen molar-refractivity contribution in [2.45, 2.75) is 52.6 Å². The molecule has 0 fully saturated rings. The van der Waals surface area contributed by atoms with Gasteiger partial charge in [-0.15, -0.1) is 0 Å². The summed E-state index contributed by atoms with van der Waals surface area (Å²) < 4.78 is 0. The molecule has 0 aliphatic heterocycles. The number of halogens is 2. The number of unbranched alkanes of at least 4 members (excludes halogenated alkanes) is 1. The van der Waals surface area contributed by atoms with Gasteiger partial charge in [-0.1, -0.05) is 72.4 Å². The minimum atomic E-state index is -0.599. The van der Waals surface area contributed by atoms with Crippen LogP contribution in [0.2, 0.25) is 10.0 Å². The summed E-state index contributed by atoms with van der Waals surface area (Å²) in [6.45, 7) is 6.70. The maximum absolute atomic E-state index is 13.1. The van der Waals surface area contributed by atoms with Gasteiger partial charge in [-0.05, 0) is 43.5 Å². The number of nitrogens with one attached hydrogen (secondary N) is 1. The molecule has 1 atom stereocenters. The van der Waals surface area contributed by atoms with Gasteiger partial charge in [0.15, 0.2) is 0 Å². The molecule has 2 aromatic carbocycles. The van der Waals surface area contributed by atoms with Crippen LogP contribution in [-0.4, -0.2) is 29.3 Å². The second kappa shape index (κ2) is 11.2. The Bertz CT molecular complexity index is 855. The van der Waals surface area contributed by atoms with Gasteiger partial charge in [0.2, 0.25) is 11.8 Å². The van der Waals surface area contributed by atoms with Gasteiger partial charge < -0.3 is 10.2 Å². The Labute approximate surface area is 183 Å². The molecule has 29 heavy (non-hydrogen) atoms. The van der Waals surface area contributed by atoms with E-state index in [9.17, 15) is 9.59 Å². The smallest absolute Gasteiger partial charge is 0.242 e. The second-order valence-electron chi connectivity index (χ2n) is 7.26. The molecule has 4 nitrogen and oxygen atoms in total. The van der Waals surface area contributed by atoms with Crippen molar-refractivity contribution in [3.05, 3.63) is 69.2 Å². The van der Waals surface area contributed by atoms with E-state index >= 15 is 0 Å². The first kappa shape index (κ1) is 23.2. The molecule has 0 saturated carbocycles. The van der Waals surface area contributed by atoms with Gasteiger partial charge in [-0.2, -0.15) is 0 Å². The van der Waals surface area contributed by atoms with Crippen LogP contribution in [0.25, 0.3) is 0 Å². The Kier molecular flexibility index (Phi) is 8.99. The van der Waals surface area contributed by atoms with Crippen LogP contribution in [0.5, 0.6) is 0 Å². The summed E-state index contributed by atoms with van der Waals surface area (Å²) in [7, 11) is 0.